The van der Waals surface area contributed by atoms with E-state index >= 15 is 0 Å². The van der Waals surface area contributed by atoms with Crippen LogP contribution >= 0.6 is 0 Å². The molecule has 1 N–H and O–H groups in total. The van der Waals surface area contributed by atoms with Crippen molar-refractivity contribution in [2.24, 2.45) is 0 Å². The minimum atomic E-state index is 0.149. The Balaban J connectivity index is 2.19. The summed E-state index contributed by atoms with van der Waals surface area (Å²) in [7, 11) is 0. The summed E-state index contributed by atoms with van der Waals surface area (Å²) in [5.74, 6) is 0. The molecule has 100 valence electrons. The first kappa shape index (κ1) is 12.4. The third kappa shape index (κ3) is 2.30. The molecule has 0 fully saturated rings. The second-order valence-electron chi connectivity index (χ2n) is 6.25. The van der Waals surface area contributed by atoms with Crippen molar-refractivity contribution in [3.8, 4) is 11.1 Å². The molecule has 19 heavy (non-hydrogen) atoms. The minimum Gasteiger partial charge on any atom is -0.364 e. The Hall–Kier alpha value is -1.61. The molecule has 0 aliphatic carbocycles. The Bertz CT molecular complexity index is 580. The van der Waals surface area contributed by atoms with Crippen LogP contribution in [0.15, 0.2) is 29.1 Å². The zero-order valence-electron chi connectivity index (χ0n) is 11.8. The Morgan fingerprint density at radius 3 is 2.74 bits per heavy atom. The van der Waals surface area contributed by atoms with Gasteiger partial charge in [-0.2, -0.15) is 0 Å². The third-order valence-corrected chi connectivity index (χ3v) is 3.79. The molecule has 1 aliphatic heterocycles. The highest BCUT2D eigenvalue weighted by Gasteiger charge is 2.23. The van der Waals surface area contributed by atoms with E-state index in [-0.39, 0.29) is 5.41 Å². The molecule has 0 spiro atoms. The lowest BCUT2D eigenvalue weighted by Gasteiger charge is -2.29. The SMILES string of the molecule is CC(C)(C)c1cc(-c2cnoc2)cc2c1CNCC2. The average molecular weight is 256 g/mol. The summed E-state index contributed by atoms with van der Waals surface area (Å²) in [6, 6.07) is 4.58. The monoisotopic (exact) mass is 256 g/mol. The van der Waals surface area contributed by atoms with Crippen molar-refractivity contribution in [1.82, 2.24) is 10.5 Å². The highest BCUT2D eigenvalue weighted by molar-refractivity contribution is 5.65. The van der Waals surface area contributed by atoms with Gasteiger partial charge in [-0.25, -0.2) is 0 Å². The van der Waals surface area contributed by atoms with Crippen molar-refractivity contribution in [2.75, 3.05) is 6.54 Å². The summed E-state index contributed by atoms with van der Waals surface area (Å²) in [5, 5.41) is 7.29. The summed E-state index contributed by atoms with van der Waals surface area (Å²) in [6.45, 7) is 8.85. The van der Waals surface area contributed by atoms with Gasteiger partial charge in [0, 0.05) is 12.1 Å². The van der Waals surface area contributed by atoms with E-state index in [0.717, 1.165) is 25.1 Å². The fraction of sp³-hybridized carbons (Fsp3) is 0.438. The number of hydrogen-bond donors (Lipinski definition) is 1. The van der Waals surface area contributed by atoms with Gasteiger partial charge in [0.15, 0.2) is 0 Å². The van der Waals surface area contributed by atoms with Crippen molar-refractivity contribution in [3.05, 3.63) is 41.3 Å². The highest BCUT2D eigenvalue weighted by Crippen LogP contribution is 2.34. The molecule has 0 unspecified atom stereocenters. The summed E-state index contributed by atoms with van der Waals surface area (Å²) in [6.07, 6.45) is 4.60. The first-order chi connectivity index (χ1) is 9.05. The van der Waals surface area contributed by atoms with E-state index in [4.69, 9.17) is 4.52 Å². The van der Waals surface area contributed by atoms with Crippen LogP contribution < -0.4 is 5.32 Å². The lowest BCUT2D eigenvalue weighted by Crippen LogP contribution is -2.27. The van der Waals surface area contributed by atoms with Gasteiger partial charge in [0.1, 0.15) is 6.26 Å². The summed E-state index contributed by atoms with van der Waals surface area (Å²) < 4.78 is 4.98. The largest absolute Gasteiger partial charge is 0.364 e. The summed E-state index contributed by atoms with van der Waals surface area (Å²) >= 11 is 0. The van der Waals surface area contributed by atoms with Gasteiger partial charge in [-0.15, -0.1) is 0 Å². The molecule has 1 aromatic heterocycles. The lowest BCUT2D eigenvalue weighted by molar-refractivity contribution is 0.420. The Kier molecular flexibility index (Phi) is 2.94. The molecular formula is C16H20N2O. The van der Waals surface area contributed by atoms with E-state index < -0.39 is 0 Å². The average Bonchev–Trinajstić information content (AvgIpc) is 2.90. The number of fused-ring (bicyclic) bond motifs is 1. The molecule has 2 heterocycles. The molecule has 3 nitrogen and oxygen atoms in total. The smallest absolute Gasteiger partial charge is 0.131 e. The van der Waals surface area contributed by atoms with Gasteiger partial charge in [0.2, 0.25) is 0 Å². The third-order valence-electron chi connectivity index (χ3n) is 3.79. The van der Waals surface area contributed by atoms with Crippen molar-refractivity contribution in [1.29, 1.82) is 0 Å². The summed E-state index contributed by atoms with van der Waals surface area (Å²) in [5.41, 5.74) is 6.78. The predicted molar refractivity (Wildman–Crippen MR) is 76.0 cm³/mol. The second kappa shape index (κ2) is 4.49. The normalized spacial score (nSPS) is 15.3. The quantitative estimate of drug-likeness (QED) is 0.851. The highest BCUT2D eigenvalue weighted by atomic mass is 16.5. The van der Waals surface area contributed by atoms with Crippen molar-refractivity contribution in [3.63, 3.8) is 0 Å². The van der Waals surface area contributed by atoms with Crippen LogP contribution in [0.3, 0.4) is 0 Å². The standard InChI is InChI=1S/C16H20N2O/c1-16(2,3)15-7-12(13-8-18-19-10-13)6-11-4-5-17-9-14(11)15/h6-8,10,17H,4-5,9H2,1-3H3. The van der Waals surface area contributed by atoms with Crippen LogP contribution in [0.25, 0.3) is 11.1 Å². The number of rotatable bonds is 1. The topological polar surface area (TPSA) is 38.1 Å². The molecule has 1 aromatic carbocycles. The van der Waals surface area contributed by atoms with Crippen LogP contribution in [0.2, 0.25) is 0 Å². The van der Waals surface area contributed by atoms with Gasteiger partial charge in [-0.1, -0.05) is 38.1 Å². The van der Waals surface area contributed by atoms with E-state index in [1.165, 1.54) is 22.3 Å². The first-order valence-electron chi connectivity index (χ1n) is 6.82. The number of nitrogens with zero attached hydrogens (tertiary/aromatic N) is 1. The maximum Gasteiger partial charge on any atom is 0.131 e. The maximum atomic E-state index is 4.98. The van der Waals surface area contributed by atoms with Crippen LogP contribution in [-0.4, -0.2) is 11.7 Å². The van der Waals surface area contributed by atoms with Gasteiger partial charge in [0.25, 0.3) is 0 Å². The van der Waals surface area contributed by atoms with Gasteiger partial charge in [0.05, 0.1) is 6.20 Å². The van der Waals surface area contributed by atoms with Crippen molar-refractivity contribution >= 4 is 0 Å². The van der Waals surface area contributed by atoms with Crippen LogP contribution in [0, 0.1) is 0 Å². The molecule has 3 heteroatoms. The molecule has 3 rings (SSSR count). The van der Waals surface area contributed by atoms with E-state index in [1.54, 1.807) is 12.5 Å². The number of hydrogen-bond acceptors (Lipinski definition) is 3. The number of nitrogens with one attached hydrogen (secondary N) is 1. The fourth-order valence-corrected chi connectivity index (χ4v) is 2.78. The first-order valence-corrected chi connectivity index (χ1v) is 6.82. The van der Waals surface area contributed by atoms with Crippen LogP contribution in [0.4, 0.5) is 0 Å². The van der Waals surface area contributed by atoms with Gasteiger partial charge in [-0.3, -0.25) is 0 Å². The molecule has 0 saturated heterocycles. The molecule has 0 amide bonds. The van der Waals surface area contributed by atoms with E-state index in [1.807, 2.05) is 0 Å². The maximum absolute atomic E-state index is 4.98. The lowest BCUT2D eigenvalue weighted by atomic mass is 9.79. The zero-order valence-corrected chi connectivity index (χ0v) is 11.8. The van der Waals surface area contributed by atoms with Crippen molar-refractivity contribution < 1.29 is 4.52 Å². The van der Waals surface area contributed by atoms with Crippen LogP contribution in [0.5, 0.6) is 0 Å². The van der Waals surface area contributed by atoms with Crippen LogP contribution in [0.1, 0.15) is 37.5 Å². The summed E-state index contributed by atoms with van der Waals surface area (Å²) in [4.78, 5) is 0. The van der Waals surface area contributed by atoms with Gasteiger partial charge < -0.3 is 9.84 Å². The molecule has 0 bridgehead atoms. The Morgan fingerprint density at radius 1 is 1.21 bits per heavy atom. The van der Waals surface area contributed by atoms with Crippen LogP contribution in [-0.2, 0) is 18.4 Å². The molecule has 2 aromatic rings. The van der Waals surface area contributed by atoms with E-state index in [0.29, 0.717) is 0 Å². The number of benzene rings is 1. The Morgan fingerprint density at radius 2 is 2.05 bits per heavy atom. The molecular weight excluding hydrogens is 236 g/mol. The fourth-order valence-electron chi connectivity index (χ4n) is 2.78. The molecule has 1 aliphatic rings. The Labute approximate surface area is 114 Å². The zero-order chi connectivity index (χ0) is 13.5. The predicted octanol–water partition coefficient (Wildman–Crippen LogP) is 3.28. The van der Waals surface area contributed by atoms with E-state index in [9.17, 15) is 0 Å². The van der Waals surface area contributed by atoms with E-state index in [2.05, 4.69) is 43.4 Å². The van der Waals surface area contributed by atoms with Gasteiger partial charge >= 0.3 is 0 Å². The molecule has 0 radical (unpaired) electrons. The minimum absolute atomic E-state index is 0.149. The molecule has 0 atom stereocenters. The van der Waals surface area contributed by atoms with Gasteiger partial charge in [-0.05, 0) is 40.6 Å². The number of aromatic nitrogens is 1. The second-order valence-corrected chi connectivity index (χ2v) is 6.25. The van der Waals surface area contributed by atoms with Crippen molar-refractivity contribution in [2.45, 2.75) is 39.2 Å². The molecule has 0 saturated carbocycles.